The number of hydrogen-bond donors (Lipinski definition) is 1. The van der Waals surface area contributed by atoms with Crippen LogP contribution >= 0.6 is 0 Å². The van der Waals surface area contributed by atoms with Gasteiger partial charge < -0.3 is 43.2 Å². The van der Waals surface area contributed by atoms with E-state index in [-0.39, 0.29) is 66.8 Å². The lowest BCUT2D eigenvalue weighted by molar-refractivity contribution is -0.265. The number of allylic oxidation sites excluding steroid dienone is 6. The summed E-state index contributed by atoms with van der Waals surface area (Å²) >= 11 is 0. The third-order valence-electron chi connectivity index (χ3n) is 15.0. The zero-order chi connectivity index (χ0) is 49.6. The van der Waals surface area contributed by atoms with Gasteiger partial charge in [0.1, 0.15) is 30.1 Å². The number of fused-ring (bicyclic) bond motifs is 3. The number of carbonyl (C=O) groups is 5. The third-order valence-corrected chi connectivity index (χ3v) is 15.0. The summed E-state index contributed by atoms with van der Waals surface area (Å²) in [6, 6.07) is -1.11. The summed E-state index contributed by atoms with van der Waals surface area (Å²) in [5.41, 5.74) is 1.56. The van der Waals surface area contributed by atoms with Crippen molar-refractivity contribution in [3.8, 4) is 0 Å². The first-order valence-electron chi connectivity index (χ1n) is 24.7. The summed E-state index contributed by atoms with van der Waals surface area (Å²) in [6.45, 7) is 13.2. The van der Waals surface area contributed by atoms with Gasteiger partial charge in [-0.1, -0.05) is 71.1 Å². The number of ketones is 3. The molecule has 4 rings (SSSR count). The van der Waals surface area contributed by atoms with Crippen LogP contribution in [0.15, 0.2) is 47.6 Å². The molecule has 14 nitrogen and oxygen atoms in total. The first kappa shape index (κ1) is 56.2. The number of ether oxygens (including phenoxy) is 7. The van der Waals surface area contributed by atoms with Gasteiger partial charge in [0.05, 0.1) is 24.4 Å². The number of piperidine rings is 1. The van der Waals surface area contributed by atoms with E-state index in [4.69, 9.17) is 33.2 Å². The number of amides is 1. The SMILES string of the molecule is CO[C@H]1C[C@@H]2CC[C@@H](C)[C@@](O)(O2)C(=O)C(=O)N2CCCC[C@H]2C(=O)O[C@H]([C@H](C)C[C@@H]2CC[C@@H](OC)[C@H](OC)C2)CC(=O)[C@H](C)/C=C(\C)[C@@H](OC)[C@@H](OC)C(=O)[C@H](C)C[C@H](C)/C=C/C=C/C=C/1C. The molecule has 67 heavy (non-hydrogen) atoms. The van der Waals surface area contributed by atoms with E-state index in [1.807, 2.05) is 58.1 Å². The molecule has 3 heterocycles. The highest BCUT2D eigenvalue weighted by atomic mass is 16.6. The van der Waals surface area contributed by atoms with Gasteiger partial charge in [-0.2, -0.15) is 0 Å². The van der Waals surface area contributed by atoms with Gasteiger partial charge in [0.15, 0.2) is 5.78 Å². The smallest absolute Gasteiger partial charge is 0.329 e. The van der Waals surface area contributed by atoms with E-state index in [9.17, 15) is 29.1 Å². The Balaban J connectivity index is 1.72. The minimum absolute atomic E-state index is 0.0234. The molecule has 0 aromatic rings. The van der Waals surface area contributed by atoms with E-state index in [1.165, 1.54) is 19.1 Å². The Morgan fingerprint density at radius 1 is 0.776 bits per heavy atom. The van der Waals surface area contributed by atoms with E-state index in [0.717, 1.165) is 24.8 Å². The second kappa shape index (κ2) is 26.6. The van der Waals surface area contributed by atoms with Gasteiger partial charge in [-0.05, 0) is 107 Å². The summed E-state index contributed by atoms with van der Waals surface area (Å²) in [7, 11) is 7.96. The van der Waals surface area contributed by atoms with Gasteiger partial charge in [-0.25, -0.2) is 4.79 Å². The maximum atomic E-state index is 14.5. The van der Waals surface area contributed by atoms with E-state index >= 15 is 0 Å². The molecule has 0 unspecified atom stereocenters. The number of nitrogens with zero attached hydrogens (tertiary/aromatic N) is 1. The molecule has 1 saturated carbocycles. The normalized spacial score (nSPS) is 39.6. The summed E-state index contributed by atoms with van der Waals surface area (Å²) in [6.07, 6.45) is 14.1. The fourth-order valence-electron chi connectivity index (χ4n) is 10.7. The monoisotopic (exact) mass is 942 g/mol. The van der Waals surface area contributed by atoms with Crippen molar-refractivity contribution in [3.05, 3.63) is 47.6 Å². The standard InChI is InChI=1S/C53H83NO13/c1-32-18-14-13-15-19-33(2)44(62-9)30-40-23-21-38(7)53(60,67-40)50(57)51(58)54-25-17-16-20-41(54)52(59)66-45(35(4)28-39-22-24-43(61-8)46(29-39)63-10)31-42(55)34(3)27-37(6)48(64-11)49(65-12)47(56)36(5)26-32/h13-15,18-19,27,32,34-36,38-41,43-46,48-49,60H,16-17,20-26,28-31H2,1-12H3/b15-13+,18-14+,33-19+,37-27+/t32-,34-,35-,36-,38-,39+,40+,41+,43-,44+,45+,46-,48-,49+,53-/m1/s1. The van der Waals surface area contributed by atoms with Gasteiger partial charge in [-0.3, -0.25) is 19.2 Å². The van der Waals surface area contributed by atoms with Crippen LogP contribution in [-0.2, 0) is 57.1 Å². The Morgan fingerprint density at radius 2 is 1.48 bits per heavy atom. The number of aliphatic hydroxyl groups is 1. The molecule has 1 aliphatic carbocycles. The number of methoxy groups -OCH3 is 5. The number of cyclic esters (lactones) is 1. The predicted molar refractivity (Wildman–Crippen MR) is 255 cm³/mol. The van der Waals surface area contributed by atoms with E-state index in [2.05, 4.69) is 6.92 Å². The highest BCUT2D eigenvalue weighted by molar-refractivity contribution is 6.39. The summed E-state index contributed by atoms with van der Waals surface area (Å²) in [5.74, 6) is -7.20. The Kier molecular flexibility index (Phi) is 22.3. The Morgan fingerprint density at radius 3 is 2.13 bits per heavy atom. The van der Waals surface area contributed by atoms with Crippen LogP contribution in [0.2, 0.25) is 0 Å². The zero-order valence-electron chi connectivity index (χ0n) is 42.5. The van der Waals surface area contributed by atoms with Gasteiger partial charge in [0.2, 0.25) is 5.79 Å². The molecule has 0 aromatic carbocycles. The number of rotatable bonds is 8. The van der Waals surface area contributed by atoms with Crippen molar-refractivity contribution in [3.63, 3.8) is 0 Å². The highest BCUT2D eigenvalue weighted by Gasteiger charge is 2.53. The molecule has 1 N–H and O–H groups in total. The van der Waals surface area contributed by atoms with Gasteiger partial charge in [0, 0.05) is 72.7 Å². The molecule has 14 heteroatoms. The average molecular weight is 942 g/mol. The van der Waals surface area contributed by atoms with Crippen LogP contribution in [-0.4, -0.2) is 136 Å². The Hall–Kier alpha value is -3.37. The van der Waals surface area contributed by atoms with Crippen LogP contribution in [0, 0.1) is 35.5 Å². The summed E-state index contributed by atoms with van der Waals surface area (Å²) < 4.78 is 41.5. The quantitative estimate of drug-likeness (QED) is 0.144. The van der Waals surface area contributed by atoms with Crippen molar-refractivity contribution in [2.24, 2.45) is 35.5 Å². The molecule has 2 saturated heterocycles. The molecule has 3 aliphatic heterocycles. The van der Waals surface area contributed by atoms with Crippen LogP contribution in [0.4, 0.5) is 0 Å². The van der Waals surface area contributed by atoms with Crippen molar-refractivity contribution in [2.45, 2.75) is 180 Å². The van der Waals surface area contributed by atoms with Crippen LogP contribution < -0.4 is 0 Å². The maximum Gasteiger partial charge on any atom is 0.329 e. The van der Waals surface area contributed by atoms with Crippen LogP contribution in [0.3, 0.4) is 0 Å². The van der Waals surface area contributed by atoms with Crippen LogP contribution in [0.5, 0.6) is 0 Å². The zero-order valence-corrected chi connectivity index (χ0v) is 42.5. The minimum Gasteiger partial charge on any atom is -0.460 e. The molecule has 0 radical (unpaired) electrons. The summed E-state index contributed by atoms with van der Waals surface area (Å²) in [5, 5.41) is 12.0. The molecular weight excluding hydrogens is 859 g/mol. The average Bonchev–Trinajstić information content (AvgIpc) is 3.31. The number of carbonyl (C=O) groups excluding carboxylic acids is 5. The second-order valence-electron chi connectivity index (χ2n) is 20.0. The molecule has 15 atom stereocenters. The Bertz CT molecular complexity index is 1790. The van der Waals surface area contributed by atoms with Gasteiger partial charge in [0.25, 0.3) is 11.7 Å². The van der Waals surface area contributed by atoms with E-state index < -0.39 is 71.8 Å². The lowest BCUT2D eigenvalue weighted by Crippen LogP contribution is -2.61. The summed E-state index contributed by atoms with van der Waals surface area (Å²) in [4.78, 5) is 72.5. The van der Waals surface area contributed by atoms with Crippen molar-refractivity contribution >= 4 is 29.2 Å². The first-order valence-corrected chi connectivity index (χ1v) is 24.7. The molecule has 378 valence electrons. The lowest BCUT2D eigenvalue weighted by atomic mass is 9.78. The highest BCUT2D eigenvalue weighted by Crippen LogP contribution is 2.38. The van der Waals surface area contributed by atoms with E-state index in [0.29, 0.717) is 50.5 Å². The van der Waals surface area contributed by atoms with E-state index in [1.54, 1.807) is 41.3 Å². The predicted octanol–water partition coefficient (Wildman–Crippen LogP) is 7.49. The molecule has 0 aromatic heterocycles. The van der Waals surface area contributed by atoms with Crippen molar-refractivity contribution in [1.82, 2.24) is 4.90 Å². The molecule has 2 bridgehead atoms. The first-order chi connectivity index (χ1) is 31.8. The second-order valence-corrected chi connectivity index (χ2v) is 20.0. The van der Waals surface area contributed by atoms with Crippen molar-refractivity contribution in [1.29, 1.82) is 0 Å². The molecule has 3 fully saturated rings. The van der Waals surface area contributed by atoms with Gasteiger partial charge >= 0.3 is 5.97 Å². The number of hydrogen-bond acceptors (Lipinski definition) is 13. The Labute approximate surface area is 400 Å². The third kappa shape index (κ3) is 14.8. The van der Waals surface area contributed by atoms with Gasteiger partial charge in [-0.15, -0.1) is 0 Å². The molecular formula is C53H83NO13. The largest absolute Gasteiger partial charge is 0.460 e. The lowest BCUT2D eigenvalue weighted by Gasteiger charge is -2.42. The fourth-order valence-corrected chi connectivity index (χ4v) is 10.7. The minimum atomic E-state index is -2.41. The molecule has 0 spiro atoms. The maximum absolute atomic E-state index is 14.5. The number of esters is 1. The van der Waals surface area contributed by atoms with Crippen molar-refractivity contribution < 1.29 is 62.2 Å². The van der Waals surface area contributed by atoms with Crippen molar-refractivity contribution in [2.75, 3.05) is 42.1 Å². The molecule has 1 amide bonds. The number of Topliss-reactive ketones (excluding diaryl/α,β-unsaturated/α-hetero) is 3. The molecule has 4 aliphatic rings. The van der Waals surface area contributed by atoms with Crippen LogP contribution in [0.25, 0.3) is 0 Å². The fraction of sp³-hybridized carbons (Fsp3) is 0.755. The van der Waals surface area contributed by atoms with Crippen LogP contribution in [0.1, 0.15) is 126 Å². The topological polar surface area (TPSA) is 173 Å².